The fourth-order valence-electron chi connectivity index (χ4n) is 3.29. The van der Waals surface area contributed by atoms with E-state index in [1.165, 1.54) is 28.5 Å². The molecule has 92 valence electrons. The molecule has 2 aliphatic heterocycles. The number of carbonyl (C=O) groups excluding carboxylic acids is 1. The normalized spacial score (nSPS) is 24.0. The van der Waals surface area contributed by atoms with Crippen LogP contribution in [-0.2, 0) is 6.54 Å². The molecule has 0 radical (unpaired) electrons. The molecule has 0 aliphatic carbocycles. The Morgan fingerprint density at radius 1 is 1.22 bits per heavy atom. The average molecular weight is 257 g/mol. The lowest BCUT2D eigenvalue weighted by Gasteiger charge is -2.37. The molecule has 0 saturated carbocycles. The molecule has 2 aliphatic rings. The zero-order valence-corrected chi connectivity index (χ0v) is 11.0. The molecular formula is C15H15NOS. The number of hydrogen-bond donors (Lipinski definition) is 0. The average Bonchev–Trinajstić information content (AvgIpc) is 2.79. The molecule has 2 nitrogen and oxygen atoms in total. The summed E-state index contributed by atoms with van der Waals surface area (Å²) in [4.78, 5) is 16.0. The van der Waals surface area contributed by atoms with Crippen molar-refractivity contribution in [1.82, 2.24) is 4.90 Å². The van der Waals surface area contributed by atoms with Gasteiger partial charge in [-0.15, -0.1) is 11.3 Å². The molecule has 0 spiro atoms. The number of fused-ring (bicyclic) bond motifs is 4. The lowest BCUT2D eigenvalue weighted by molar-refractivity contribution is 0.0694. The maximum atomic E-state index is 12.6. The Balaban J connectivity index is 1.91. The fraction of sp³-hybridized carbons (Fsp3) is 0.400. The lowest BCUT2D eigenvalue weighted by Crippen LogP contribution is -2.47. The number of hydrogen-bond acceptors (Lipinski definition) is 3. The van der Waals surface area contributed by atoms with E-state index < -0.39 is 0 Å². The van der Waals surface area contributed by atoms with Gasteiger partial charge in [-0.25, -0.2) is 0 Å². The summed E-state index contributed by atoms with van der Waals surface area (Å²) in [5.41, 5.74) is 1.28. The molecule has 1 aromatic carbocycles. The van der Waals surface area contributed by atoms with Gasteiger partial charge in [0.15, 0.2) is 5.78 Å². The van der Waals surface area contributed by atoms with Crippen LogP contribution in [0.1, 0.15) is 34.5 Å². The highest BCUT2D eigenvalue weighted by Gasteiger charge is 2.36. The Kier molecular flexibility index (Phi) is 2.32. The number of ketones is 1. The predicted molar refractivity (Wildman–Crippen MR) is 74.2 cm³/mol. The Bertz CT molecular complexity index is 630. The molecule has 1 unspecified atom stereocenters. The predicted octanol–water partition coefficient (Wildman–Crippen LogP) is 3.45. The van der Waals surface area contributed by atoms with Crippen molar-refractivity contribution in [3.05, 3.63) is 34.7 Å². The zero-order valence-electron chi connectivity index (χ0n) is 10.2. The van der Waals surface area contributed by atoms with Gasteiger partial charge in [-0.1, -0.05) is 24.6 Å². The number of carbonyl (C=O) groups is 1. The van der Waals surface area contributed by atoms with Crippen molar-refractivity contribution >= 4 is 27.2 Å². The van der Waals surface area contributed by atoms with Gasteiger partial charge in [0.2, 0.25) is 0 Å². The van der Waals surface area contributed by atoms with E-state index in [0.717, 1.165) is 24.4 Å². The number of Topliss-reactive ketones (excluding diaryl/α,β-unsaturated/α-hetero) is 1. The Morgan fingerprint density at radius 3 is 3.06 bits per heavy atom. The summed E-state index contributed by atoms with van der Waals surface area (Å²) in [7, 11) is 0. The number of rotatable bonds is 0. The highest BCUT2D eigenvalue weighted by molar-refractivity contribution is 7.21. The van der Waals surface area contributed by atoms with Gasteiger partial charge in [-0.05, 0) is 36.4 Å². The van der Waals surface area contributed by atoms with E-state index in [1.54, 1.807) is 11.3 Å². The Hall–Kier alpha value is -1.19. The molecule has 18 heavy (non-hydrogen) atoms. The minimum atomic E-state index is 0.166. The van der Waals surface area contributed by atoms with E-state index in [0.29, 0.717) is 5.78 Å². The van der Waals surface area contributed by atoms with Crippen molar-refractivity contribution in [2.75, 3.05) is 6.54 Å². The number of nitrogens with zero attached hydrogens (tertiary/aromatic N) is 1. The summed E-state index contributed by atoms with van der Waals surface area (Å²) < 4.78 is 1.26. The maximum Gasteiger partial charge on any atom is 0.190 e. The standard InChI is InChI=1S/C15H15NOS/c17-14-12-6-3-4-8-16(12)9-11-10-5-1-2-7-13(10)18-15(11)14/h1-2,5,7,12H,3-4,6,8-9H2. The molecular weight excluding hydrogens is 242 g/mol. The topological polar surface area (TPSA) is 20.3 Å². The number of benzene rings is 1. The summed E-state index contributed by atoms with van der Waals surface area (Å²) >= 11 is 1.69. The SMILES string of the molecule is O=C1c2sc3ccccc3c2CN2CCCCC12. The minimum absolute atomic E-state index is 0.166. The zero-order chi connectivity index (χ0) is 12.1. The second-order valence-electron chi connectivity index (χ2n) is 5.25. The fourth-order valence-corrected chi connectivity index (χ4v) is 4.49. The highest BCUT2D eigenvalue weighted by Crippen LogP contribution is 2.38. The van der Waals surface area contributed by atoms with Gasteiger partial charge < -0.3 is 0 Å². The summed E-state index contributed by atoms with van der Waals surface area (Å²) in [6, 6.07) is 8.58. The van der Waals surface area contributed by atoms with E-state index in [2.05, 4.69) is 29.2 Å². The van der Waals surface area contributed by atoms with Gasteiger partial charge in [0.1, 0.15) is 0 Å². The van der Waals surface area contributed by atoms with Gasteiger partial charge in [0.25, 0.3) is 0 Å². The van der Waals surface area contributed by atoms with Gasteiger partial charge in [0, 0.05) is 11.2 Å². The Labute approximate surface area is 110 Å². The maximum absolute atomic E-state index is 12.6. The van der Waals surface area contributed by atoms with Crippen molar-refractivity contribution in [2.45, 2.75) is 31.8 Å². The monoisotopic (exact) mass is 257 g/mol. The van der Waals surface area contributed by atoms with Gasteiger partial charge in [-0.2, -0.15) is 0 Å². The van der Waals surface area contributed by atoms with Crippen molar-refractivity contribution in [3.63, 3.8) is 0 Å². The van der Waals surface area contributed by atoms with Gasteiger partial charge in [-0.3, -0.25) is 9.69 Å². The van der Waals surface area contributed by atoms with Crippen LogP contribution in [0.2, 0.25) is 0 Å². The quantitative estimate of drug-likeness (QED) is 0.720. The molecule has 2 aromatic rings. The molecule has 4 rings (SSSR count). The molecule has 0 N–H and O–H groups in total. The van der Waals surface area contributed by atoms with Crippen LogP contribution in [0.5, 0.6) is 0 Å². The third-order valence-corrected chi connectivity index (χ3v) is 5.43. The molecule has 0 bridgehead atoms. The summed E-state index contributed by atoms with van der Waals surface area (Å²) in [5, 5.41) is 1.29. The first kappa shape index (κ1) is 10.7. The van der Waals surface area contributed by atoms with E-state index in [4.69, 9.17) is 0 Å². The molecule has 3 heteroatoms. The summed E-state index contributed by atoms with van der Waals surface area (Å²) in [6.45, 7) is 2.05. The van der Waals surface area contributed by atoms with Gasteiger partial charge in [0.05, 0.1) is 10.9 Å². The van der Waals surface area contributed by atoms with Crippen LogP contribution < -0.4 is 0 Å². The largest absolute Gasteiger partial charge is 0.291 e. The van der Waals surface area contributed by atoms with Crippen molar-refractivity contribution in [2.24, 2.45) is 0 Å². The van der Waals surface area contributed by atoms with E-state index in [9.17, 15) is 4.79 Å². The third-order valence-electron chi connectivity index (χ3n) is 4.20. The second-order valence-corrected chi connectivity index (χ2v) is 6.30. The van der Waals surface area contributed by atoms with Gasteiger partial charge >= 0.3 is 0 Å². The first-order chi connectivity index (χ1) is 8.84. The van der Waals surface area contributed by atoms with Crippen LogP contribution in [0.3, 0.4) is 0 Å². The molecule has 0 amide bonds. The molecule has 1 fully saturated rings. The summed E-state index contributed by atoms with van der Waals surface area (Å²) in [5.74, 6) is 0.372. The first-order valence-electron chi connectivity index (χ1n) is 6.63. The van der Waals surface area contributed by atoms with Crippen molar-refractivity contribution in [1.29, 1.82) is 0 Å². The van der Waals surface area contributed by atoms with E-state index >= 15 is 0 Å². The smallest absolute Gasteiger partial charge is 0.190 e. The van der Waals surface area contributed by atoms with Crippen molar-refractivity contribution < 1.29 is 4.79 Å². The summed E-state index contributed by atoms with van der Waals surface area (Å²) in [6.07, 6.45) is 3.49. The Morgan fingerprint density at radius 2 is 2.11 bits per heavy atom. The lowest BCUT2D eigenvalue weighted by atomic mass is 9.91. The van der Waals surface area contributed by atoms with E-state index in [1.807, 2.05) is 0 Å². The van der Waals surface area contributed by atoms with E-state index in [-0.39, 0.29) is 6.04 Å². The highest BCUT2D eigenvalue weighted by atomic mass is 32.1. The number of piperidine rings is 1. The molecule has 1 atom stereocenters. The third kappa shape index (κ3) is 1.41. The molecule has 1 aromatic heterocycles. The molecule has 3 heterocycles. The van der Waals surface area contributed by atoms with Crippen LogP contribution in [0.15, 0.2) is 24.3 Å². The van der Waals surface area contributed by atoms with Crippen LogP contribution in [0.4, 0.5) is 0 Å². The first-order valence-corrected chi connectivity index (χ1v) is 7.45. The van der Waals surface area contributed by atoms with Crippen LogP contribution >= 0.6 is 11.3 Å². The number of thiophene rings is 1. The minimum Gasteiger partial charge on any atom is -0.291 e. The van der Waals surface area contributed by atoms with Crippen LogP contribution in [-0.4, -0.2) is 23.3 Å². The molecule has 1 saturated heterocycles. The second kappa shape index (κ2) is 3.90. The van der Waals surface area contributed by atoms with Crippen LogP contribution in [0.25, 0.3) is 10.1 Å². The van der Waals surface area contributed by atoms with Crippen molar-refractivity contribution in [3.8, 4) is 0 Å². The van der Waals surface area contributed by atoms with Crippen LogP contribution in [0, 0.1) is 0 Å².